The van der Waals surface area contributed by atoms with Gasteiger partial charge in [0.1, 0.15) is 11.8 Å². The molecular formula is C8H5Cl2N3O. The smallest absolute Gasteiger partial charge is 0.195 e. The lowest BCUT2D eigenvalue weighted by Gasteiger charge is -2.02. The van der Waals surface area contributed by atoms with Gasteiger partial charge in [0.25, 0.3) is 0 Å². The van der Waals surface area contributed by atoms with Crippen LogP contribution in [0.2, 0.25) is 5.02 Å². The summed E-state index contributed by atoms with van der Waals surface area (Å²) in [6.45, 7) is 0. The Hall–Kier alpha value is -1.31. The van der Waals surface area contributed by atoms with Gasteiger partial charge in [-0.25, -0.2) is 4.98 Å². The molecule has 0 atom stereocenters. The molecule has 0 radical (unpaired) electrons. The van der Waals surface area contributed by atoms with Gasteiger partial charge in [0.2, 0.25) is 0 Å². The first kappa shape index (κ1) is 10.8. The lowest BCUT2D eigenvalue weighted by molar-refractivity contribution is 0.101. The van der Waals surface area contributed by atoms with Crippen LogP contribution in [0.4, 0.5) is 5.69 Å². The van der Waals surface area contributed by atoms with Gasteiger partial charge in [-0.1, -0.05) is 11.6 Å². The highest BCUT2D eigenvalue weighted by Gasteiger charge is 2.12. The molecule has 4 nitrogen and oxygen atoms in total. The van der Waals surface area contributed by atoms with Gasteiger partial charge in [0.15, 0.2) is 11.5 Å². The molecule has 14 heavy (non-hydrogen) atoms. The van der Waals surface area contributed by atoms with Crippen LogP contribution in [0.1, 0.15) is 16.2 Å². The van der Waals surface area contributed by atoms with E-state index >= 15 is 0 Å². The SMILES string of the molecule is N#Cc1nc(C(=O)CCl)cc(Cl)c1N. The minimum atomic E-state index is -0.398. The monoisotopic (exact) mass is 229 g/mol. The highest BCUT2D eigenvalue weighted by atomic mass is 35.5. The lowest BCUT2D eigenvalue weighted by Crippen LogP contribution is -2.07. The third-order valence-electron chi connectivity index (χ3n) is 1.52. The molecule has 72 valence electrons. The van der Waals surface area contributed by atoms with Crippen molar-refractivity contribution < 1.29 is 4.79 Å². The maximum absolute atomic E-state index is 11.1. The van der Waals surface area contributed by atoms with Crippen molar-refractivity contribution in [2.75, 3.05) is 11.6 Å². The number of carbonyl (C=O) groups excluding carboxylic acids is 1. The largest absolute Gasteiger partial charge is 0.395 e. The van der Waals surface area contributed by atoms with Gasteiger partial charge in [0, 0.05) is 0 Å². The second-order valence-corrected chi connectivity index (χ2v) is 3.09. The first-order valence-corrected chi connectivity index (χ1v) is 4.46. The number of hydrogen-bond acceptors (Lipinski definition) is 4. The van der Waals surface area contributed by atoms with Crippen molar-refractivity contribution in [1.29, 1.82) is 5.26 Å². The highest BCUT2D eigenvalue weighted by molar-refractivity contribution is 6.34. The van der Waals surface area contributed by atoms with Crippen molar-refractivity contribution in [1.82, 2.24) is 4.98 Å². The number of aromatic nitrogens is 1. The van der Waals surface area contributed by atoms with Crippen LogP contribution in [-0.4, -0.2) is 16.6 Å². The normalized spacial score (nSPS) is 9.50. The maximum Gasteiger partial charge on any atom is 0.195 e. The molecule has 1 heterocycles. The number of rotatable bonds is 2. The van der Waals surface area contributed by atoms with Crippen LogP contribution in [0.5, 0.6) is 0 Å². The van der Waals surface area contributed by atoms with Gasteiger partial charge in [-0.3, -0.25) is 4.79 Å². The van der Waals surface area contributed by atoms with Gasteiger partial charge >= 0.3 is 0 Å². The molecule has 0 aromatic carbocycles. The van der Waals surface area contributed by atoms with E-state index in [1.807, 2.05) is 0 Å². The summed E-state index contributed by atoms with van der Waals surface area (Å²) in [6.07, 6.45) is 0. The van der Waals surface area contributed by atoms with Crippen LogP contribution in [-0.2, 0) is 0 Å². The molecule has 1 rings (SSSR count). The molecule has 0 saturated carbocycles. The maximum atomic E-state index is 11.1. The number of ketones is 1. The molecule has 6 heteroatoms. The molecule has 1 aromatic rings. The van der Waals surface area contributed by atoms with Gasteiger partial charge in [-0.2, -0.15) is 5.26 Å². The van der Waals surface area contributed by atoms with Gasteiger partial charge < -0.3 is 5.73 Å². The van der Waals surface area contributed by atoms with Crippen LogP contribution in [0.25, 0.3) is 0 Å². The molecule has 0 amide bonds. The average molecular weight is 230 g/mol. The van der Waals surface area contributed by atoms with Crippen LogP contribution in [0, 0.1) is 11.3 Å². The Kier molecular flexibility index (Phi) is 3.28. The summed E-state index contributed by atoms with van der Waals surface area (Å²) < 4.78 is 0. The lowest BCUT2D eigenvalue weighted by atomic mass is 10.2. The number of nitrogens with two attached hydrogens (primary N) is 1. The average Bonchev–Trinajstić information content (AvgIpc) is 2.20. The zero-order valence-corrected chi connectivity index (χ0v) is 8.43. The van der Waals surface area contributed by atoms with Crippen molar-refractivity contribution in [2.45, 2.75) is 0 Å². The molecule has 1 aromatic heterocycles. The molecule has 0 aliphatic heterocycles. The summed E-state index contributed by atoms with van der Waals surface area (Å²) >= 11 is 11.0. The van der Waals surface area contributed by atoms with Crippen molar-refractivity contribution in [3.63, 3.8) is 0 Å². The Balaban J connectivity index is 3.32. The van der Waals surface area contributed by atoms with Crippen molar-refractivity contribution >= 4 is 34.7 Å². The number of nitriles is 1. The zero-order chi connectivity index (χ0) is 10.7. The third kappa shape index (κ3) is 1.95. The Bertz CT molecular complexity index is 425. The topological polar surface area (TPSA) is 79.8 Å². The van der Waals surface area contributed by atoms with E-state index in [1.54, 1.807) is 6.07 Å². The zero-order valence-electron chi connectivity index (χ0n) is 6.92. The molecule has 0 aliphatic carbocycles. The van der Waals surface area contributed by atoms with Crippen molar-refractivity contribution in [2.24, 2.45) is 0 Å². The van der Waals surface area contributed by atoms with E-state index in [9.17, 15) is 4.79 Å². The summed E-state index contributed by atoms with van der Waals surface area (Å²) in [6, 6.07) is 3.03. The second kappa shape index (κ2) is 4.27. The number of nitrogens with zero attached hydrogens (tertiary/aromatic N) is 2. The van der Waals surface area contributed by atoms with Gasteiger partial charge in [0.05, 0.1) is 16.6 Å². The highest BCUT2D eigenvalue weighted by Crippen LogP contribution is 2.22. The molecule has 0 aliphatic rings. The van der Waals surface area contributed by atoms with E-state index in [1.165, 1.54) is 6.07 Å². The first-order valence-electron chi connectivity index (χ1n) is 3.55. The second-order valence-electron chi connectivity index (χ2n) is 2.42. The number of halogens is 2. The Morgan fingerprint density at radius 2 is 2.36 bits per heavy atom. The summed E-state index contributed by atoms with van der Waals surface area (Å²) in [7, 11) is 0. The minimum Gasteiger partial charge on any atom is -0.395 e. The fourth-order valence-electron chi connectivity index (χ4n) is 0.820. The van der Waals surface area contributed by atoms with E-state index in [4.69, 9.17) is 34.2 Å². The van der Waals surface area contributed by atoms with Crippen LogP contribution >= 0.6 is 23.2 Å². The van der Waals surface area contributed by atoms with E-state index in [-0.39, 0.29) is 28.0 Å². The molecule has 0 bridgehead atoms. The number of carbonyl (C=O) groups is 1. The predicted octanol–water partition coefficient (Wildman–Crippen LogP) is 1.61. The number of anilines is 1. The Morgan fingerprint density at radius 3 is 2.86 bits per heavy atom. The summed E-state index contributed by atoms with van der Waals surface area (Å²) in [5, 5.41) is 8.76. The standard InChI is InChI=1S/C8H5Cl2N3O/c9-2-7(14)5-1-4(10)8(12)6(3-11)13-5/h1H,2,12H2. The number of alkyl halides is 1. The predicted molar refractivity (Wildman–Crippen MR) is 53.4 cm³/mol. The van der Waals surface area contributed by atoms with Gasteiger partial charge in [-0.05, 0) is 6.07 Å². The summed E-state index contributed by atoms with van der Waals surface area (Å²) in [5.74, 6) is -0.608. The van der Waals surface area contributed by atoms with E-state index in [0.29, 0.717) is 0 Å². The van der Waals surface area contributed by atoms with Crippen molar-refractivity contribution in [3.05, 3.63) is 22.5 Å². The summed E-state index contributed by atoms with van der Waals surface area (Å²) in [5.41, 5.74) is 5.50. The Morgan fingerprint density at radius 1 is 1.71 bits per heavy atom. The third-order valence-corrected chi connectivity index (χ3v) is 2.08. The fourth-order valence-corrected chi connectivity index (χ4v) is 1.15. The van der Waals surface area contributed by atoms with Crippen molar-refractivity contribution in [3.8, 4) is 6.07 Å². The number of pyridine rings is 1. The molecule has 0 unspecified atom stereocenters. The molecule has 2 N–H and O–H groups in total. The van der Waals surface area contributed by atoms with E-state index < -0.39 is 5.78 Å². The van der Waals surface area contributed by atoms with Crippen LogP contribution in [0.15, 0.2) is 6.07 Å². The molecule has 0 fully saturated rings. The van der Waals surface area contributed by atoms with E-state index in [0.717, 1.165) is 0 Å². The molecular weight excluding hydrogens is 225 g/mol. The summed E-state index contributed by atoms with van der Waals surface area (Å²) in [4.78, 5) is 14.9. The number of hydrogen-bond donors (Lipinski definition) is 1. The first-order chi connectivity index (χ1) is 6.60. The Labute approximate surface area is 90.2 Å². The van der Waals surface area contributed by atoms with Crippen LogP contribution < -0.4 is 5.73 Å². The van der Waals surface area contributed by atoms with Crippen LogP contribution in [0.3, 0.4) is 0 Å². The number of Topliss-reactive ketones (excluding diaryl/α,β-unsaturated/α-hetero) is 1. The molecule has 0 saturated heterocycles. The number of nitrogen functional groups attached to an aromatic ring is 1. The van der Waals surface area contributed by atoms with Gasteiger partial charge in [-0.15, -0.1) is 11.6 Å². The quantitative estimate of drug-likeness (QED) is 0.618. The fraction of sp³-hybridized carbons (Fsp3) is 0.125. The van der Waals surface area contributed by atoms with E-state index in [2.05, 4.69) is 4.98 Å². The minimum absolute atomic E-state index is 0.0516. The molecule has 0 spiro atoms.